The molecule has 0 aromatic heterocycles. The van der Waals surface area contributed by atoms with Crippen molar-refractivity contribution in [3.63, 3.8) is 0 Å². The summed E-state index contributed by atoms with van der Waals surface area (Å²) in [5, 5.41) is 0. The molecule has 2 aliphatic rings. The summed E-state index contributed by atoms with van der Waals surface area (Å²) in [6, 6.07) is 0. The fourth-order valence-corrected chi connectivity index (χ4v) is 2.46. The predicted octanol–water partition coefficient (Wildman–Crippen LogP) is 3.65. The van der Waals surface area contributed by atoms with Gasteiger partial charge in [0.05, 0.1) is 5.76 Å². The summed E-state index contributed by atoms with van der Waals surface area (Å²) in [6.45, 7) is 2.24. The Morgan fingerprint density at radius 2 is 2.38 bits per heavy atom. The van der Waals surface area contributed by atoms with Crippen LogP contribution in [0.1, 0.15) is 51.9 Å². The van der Waals surface area contributed by atoms with E-state index in [1.165, 1.54) is 50.7 Å². The van der Waals surface area contributed by atoms with E-state index in [0.29, 0.717) is 6.10 Å². The lowest BCUT2D eigenvalue weighted by Gasteiger charge is -2.27. The molecule has 1 fully saturated rings. The van der Waals surface area contributed by atoms with Crippen LogP contribution in [0.5, 0.6) is 0 Å². The SMILES string of the molecule is CCCCC1=CCC2CCCC2O1. The van der Waals surface area contributed by atoms with Gasteiger partial charge in [0.15, 0.2) is 0 Å². The van der Waals surface area contributed by atoms with Gasteiger partial charge in [0, 0.05) is 6.42 Å². The van der Waals surface area contributed by atoms with Gasteiger partial charge >= 0.3 is 0 Å². The minimum atomic E-state index is 0.580. The lowest BCUT2D eigenvalue weighted by molar-refractivity contribution is 0.0623. The second-order valence-electron chi connectivity index (χ2n) is 4.36. The van der Waals surface area contributed by atoms with Crippen molar-refractivity contribution in [2.24, 2.45) is 5.92 Å². The molecule has 1 nitrogen and oxygen atoms in total. The average molecular weight is 180 g/mol. The first-order valence-electron chi connectivity index (χ1n) is 5.76. The molecular weight excluding hydrogens is 160 g/mol. The predicted molar refractivity (Wildman–Crippen MR) is 54.4 cm³/mol. The molecule has 1 heteroatoms. The Morgan fingerprint density at radius 3 is 3.23 bits per heavy atom. The topological polar surface area (TPSA) is 9.23 Å². The Morgan fingerprint density at radius 1 is 1.46 bits per heavy atom. The van der Waals surface area contributed by atoms with Gasteiger partial charge in [-0.15, -0.1) is 0 Å². The number of hydrogen-bond acceptors (Lipinski definition) is 1. The van der Waals surface area contributed by atoms with Crippen LogP contribution >= 0.6 is 0 Å². The van der Waals surface area contributed by atoms with Gasteiger partial charge in [0.1, 0.15) is 6.10 Å². The molecule has 0 aromatic rings. The Labute approximate surface area is 81.2 Å². The van der Waals surface area contributed by atoms with E-state index < -0.39 is 0 Å². The van der Waals surface area contributed by atoms with Gasteiger partial charge in [-0.05, 0) is 44.1 Å². The van der Waals surface area contributed by atoms with E-state index in [1.54, 1.807) is 0 Å². The number of hydrogen-bond donors (Lipinski definition) is 0. The minimum absolute atomic E-state index is 0.580. The smallest absolute Gasteiger partial charge is 0.101 e. The molecule has 0 bridgehead atoms. The number of rotatable bonds is 3. The third-order valence-corrected chi connectivity index (χ3v) is 3.32. The van der Waals surface area contributed by atoms with Crippen molar-refractivity contribution in [3.05, 3.63) is 11.8 Å². The molecule has 0 N–H and O–H groups in total. The molecule has 1 saturated carbocycles. The molecule has 0 aromatic carbocycles. The summed E-state index contributed by atoms with van der Waals surface area (Å²) in [6.07, 6.45) is 12.0. The summed E-state index contributed by atoms with van der Waals surface area (Å²) in [5.74, 6) is 2.13. The zero-order valence-electron chi connectivity index (χ0n) is 8.59. The van der Waals surface area contributed by atoms with Crippen LogP contribution in [0.15, 0.2) is 11.8 Å². The highest BCUT2D eigenvalue weighted by Crippen LogP contribution is 2.36. The van der Waals surface area contributed by atoms with E-state index in [0.717, 1.165) is 5.92 Å². The minimum Gasteiger partial charge on any atom is -0.495 e. The molecule has 0 radical (unpaired) electrons. The van der Waals surface area contributed by atoms with Gasteiger partial charge in [-0.3, -0.25) is 0 Å². The molecular formula is C12H20O. The largest absolute Gasteiger partial charge is 0.495 e. The fraction of sp³-hybridized carbons (Fsp3) is 0.833. The van der Waals surface area contributed by atoms with E-state index in [2.05, 4.69) is 13.0 Å². The van der Waals surface area contributed by atoms with Gasteiger partial charge in [0.2, 0.25) is 0 Å². The molecule has 74 valence electrons. The Balaban J connectivity index is 1.86. The van der Waals surface area contributed by atoms with Crippen LogP contribution in [0.2, 0.25) is 0 Å². The van der Waals surface area contributed by atoms with Crippen LogP contribution < -0.4 is 0 Å². The maximum Gasteiger partial charge on any atom is 0.101 e. The number of fused-ring (bicyclic) bond motifs is 1. The van der Waals surface area contributed by atoms with Crippen molar-refractivity contribution in [1.82, 2.24) is 0 Å². The van der Waals surface area contributed by atoms with Crippen molar-refractivity contribution >= 4 is 0 Å². The van der Waals surface area contributed by atoms with Crippen molar-refractivity contribution in [2.45, 2.75) is 58.0 Å². The normalized spacial score (nSPS) is 32.2. The highest BCUT2D eigenvalue weighted by molar-refractivity contribution is 5.02. The Bertz CT molecular complexity index is 195. The van der Waals surface area contributed by atoms with Crippen molar-refractivity contribution < 1.29 is 4.74 Å². The summed E-state index contributed by atoms with van der Waals surface area (Å²) < 4.78 is 5.97. The molecule has 1 aliphatic carbocycles. The van der Waals surface area contributed by atoms with Gasteiger partial charge < -0.3 is 4.74 Å². The van der Waals surface area contributed by atoms with Crippen LogP contribution in [0.3, 0.4) is 0 Å². The summed E-state index contributed by atoms with van der Waals surface area (Å²) >= 11 is 0. The molecule has 2 atom stereocenters. The first-order valence-corrected chi connectivity index (χ1v) is 5.76. The Hall–Kier alpha value is -0.460. The van der Waals surface area contributed by atoms with E-state index >= 15 is 0 Å². The summed E-state index contributed by atoms with van der Waals surface area (Å²) in [4.78, 5) is 0. The molecule has 1 aliphatic heterocycles. The second kappa shape index (κ2) is 4.17. The van der Waals surface area contributed by atoms with Crippen LogP contribution in [0, 0.1) is 5.92 Å². The first kappa shape index (κ1) is 9.11. The zero-order chi connectivity index (χ0) is 9.10. The summed E-state index contributed by atoms with van der Waals surface area (Å²) in [7, 11) is 0. The highest BCUT2D eigenvalue weighted by atomic mass is 16.5. The third-order valence-electron chi connectivity index (χ3n) is 3.32. The second-order valence-corrected chi connectivity index (χ2v) is 4.36. The highest BCUT2D eigenvalue weighted by Gasteiger charge is 2.31. The number of allylic oxidation sites excluding steroid dienone is 2. The van der Waals surface area contributed by atoms with Gasteiger partial charge in [0.25, 0.3) is 0 Å². The standard InChI is InChI=1S/C12H20O/c1-2-3-6-11-9-8-10-5-4-7-12(10)13-11/h9-10,12H,2-8H2,1H3. The lowest BCUT2D eigenvalue weighted by Crippen LogP contribution is -2.21. The maximum atomic E-state index is 5.97. The monoisotopic (exact) mass is 180 g/mol. The summed E-state index contributed by atoms with van der Waals surface area (Å²) in [5.41, 5.74) is 0. The molecule has 13 heavy (non-hydrogen) atoms. The molecule has 1 heterocycles. The van der Waals surface area contributed by atoms with Crippen LogP contribution in [-0.4, -0.2) is 6.10 Å². The quantitative estimate of drug-likeness (QED) is 0.644. The molecule has 2 rings (SSSR count). The van der Waals surface area contributed by atoms with Crippen molar-refractivity contribution in [2.75, 3.05) is 0 Å². The van der Waals surface area contributed by atoms with E-state index in [1.807, 2.05) is 0 Å². The van der Waals surface area contributed by atoms with E-state index in [-0.39, 0.29) is 0 Å². The molecule has 2 unspecified atom stereocenters. The van der Waals surface area contributed by atoms with Gasteiger partial charge in [-0.25, -0.2) is 0 Å². The van der Waals surface area contributed by atoms with E-state index in [4.69, 9.17) is 4.74 Å². The maximum absolute atomic E-state index is 5.97. The van der Waals surface area contributed by atoms with Crippen LogP contribution in [-0.2, 0) is 4.74 Å². The van der Waals surface area contributed by atoms with Gasteiger partial charge in [-0.2, -0.15) is 0 Å². The van der Waals surface area contributed by atoms with Crippen LogP contribution in [0.25, 0.3) is 0 Å². The Kier molecular flexibility index (Phi) is 2.92. The number of ether oxygens (including phenoxy) is 1. The van der Waals surface area contributed by atoms with Crippen molar-refractivity contribution in [1.29, 1.82) is 0 Å². The molecule has 0 spiro atoms. The van der Waals surface area contributed by atoms with Crippen LogP contribution in [0.4, 0.5) is 0 Å². The zero-order valence-corrected chi connectivity index (χ0v) is 8.59. The lowest BCUT2D eigenvalue weighted by atomic mass is 9.98. The third kappa shape index (κ3) is 2.07. The first-order chi connectivity index (χ1) is 6.40. The van der Waals surface area contributed by atoms with E-state index in [9.17, 15) is 0 Å². The number of unbranched alkanes of at least 4 members (excludes halogenated alkanes) is 1. The molecule has 0 saturated heterocycles. The van der Waals surface area contributed by atoms with Gasteiger partial charge in [-0.1, -0.05) is 13.3 Å². The molecule has 0 amide bonds. The average Bonchev–Trinajstić information content (AvgIpc) is 2.61. The fourth-order valence-electron chi connectivity index (χ4n) is 2.46. The van der Waals surface area contributed by atoms with Crippen molar-refractivity contribution in [3.8, 4) is 0 Å².